The molecule has 2 aromatic heterocycles. The van der Waals surface area contributed by atoms with Crippen LogP contribution in [0.1, 0.15) is 34.8 Å². The number of hydrogen-bond acceptors (Lipinski definition) is 4. The Kier molecular flexibility index (Phi) is 2.83. The van der Waals surface area contributed by atoms with Crippen molar-refractivity contribution in [3.05, 3.63) is 23.8 Å². The highest BCUT2D eigenvalue weighted by Crippen LogP contribution is 2.31. The van der Waals surface area contributed by atoms with E-state index in [0.29, 0.717) is 11.5 Å². The van der Waals surface area contributed by atoms with Crippen LogP contribution in [0.25, 0.3) is 11.0 Å². The molecule has 0 radical (unpaired) electrons. The molecule has 0 N–H and O–H groups in total. The second-order valence-corrected chi connectivity index (χ2v) is 4.66. The van der Waals surface area contributed by atoms with Crippen molar-refractivity contribution in [1.29, 1.82) is 0 Å². The van der Waals surface area contributed by atoms with Gasteiger partial charge in [-0.3, -0.25) is 4.79 Å². The zero-order valence-corrected chi connectivity index (χ0v) is 10.3. The van der Waals surface area contributed by atoms with Crippen LogP contribution >= 0.6 is 0 Å². The van der Waals surface area contributed by atoms with Crippen molar-refractivity contribution in [3.63, 3.8) is 0 Å². The molecule has 1 aliphatic rings. The summed E-state index contributed by atoms with van der Waals surface area (Å²) < 4.78 is 7.26. The monoisotopic (exact) mass is 245 g/mol. The van der Waals surface area contributed by atoms with Gasteiger partial charge in [0.2, 0.25) is 0 Å². The van der Waals surface area contributed by atoms with E-state index in [1.807, 2.05) is 17.8 Å². The van der Waals surface area contributed by atoms with Crippen LogP contribution in [-0.2, 0) is 11.8 Å². The number of rotatable bonds is 2. The molecule has 94 valence electrons. The summed E-state index contributed by atoms with van der Waals surface area (Å²) >= 11 is 0. The Morgan fingerprint density at radius 1 is 1.39 bits per heavy atom. The van der Waals surface area contributed by atoms with Crippen LogP contribution in [0, 0.1) is 0 Å². The molecule has 0 aromatic carbocycles. The lowest BCUT2D eigenvalue weighted by molar-refractivity contribution is 0.0848. The molecule has 0 saturated carbocycles. The number of carbonyl (C=O) groups is 1. The Hall–Kier alpha value is -1.75. The highest BCUT2D eigenvalue weighted by Gasteiger charge is 2.22. The van der Waals surface area contributed by atoms with Crippen molar-refractivity contribution in [3.8, 4) is 0 Å². The van der Waals surface area contributed by atoms with Crippen molar-refractivity contribution in [1.82, 2.24) is 14.5 Å². The third kappa shape index (κ3) is 1.71. The molecule has 0 bridgehead atoms. The van der Waals surface area contributed by atoms with Gasteiger partial charge < -0.3 is 9.30 Å². The Morgan fingerprint density at radius 3 is 2.89 bits per heavy atom. The van der Waals surface area contributed by atoms with Gasteiger partial charge in [-0.1, -0.05) is 0 Å². The van der Waals surface area contributed by atoms with Crippen molar-refractivity contribution in [2.75, 3.05) is 13.2 Å². The second-order valence-electron chi connectivity index (χ2n) is 4.66. The first-order valence-corrected chi connectivity index (χ1v) is 6.14. The highest BCUT2D eigenvalue weighted by molar-refractivity contribution is 5.97. The van der Waals surface area contributed by atoms with Crippen LogP contribution in [0.2, 0.25) is 0 Å². The van der Waals surface area contributed by atoms with E-state index in [2.05, 4.69) is 9.97 Å². The van der Waals surface area contributed by atoms with Gasteiger partial charge in [-0.25, -0.2) is 9.97 Å². The fraction of sp³-hybridized carbons (Fsp3) is 0.462. The first-order valence-electron chi connectivity index (χ1n) is 6.14. The lowest BCUT2D eigenvalue weighted by Gasteiger charge is -2.22. The molecule has 1 fully saturated rings. The maximum atomic E-state index is 11.2. The molecule has 5 nitrogen and oxygen atoms in total. The molecule has 2 aromatic rings. The third-order valence-electron chi connectivity index (χ3n) is 3.55. The Morgan fingerprint density at radius 2 is 2.17 bits per heavy atom. The molecule has 0 unspecified atom stereocenters. The van der Waals surface area contributed by atoms with E-state index in [4.69, 9.17) is 4.74 Å². The van der Waals surface area contributed by atoms with Gasteiger partial charge in [0.15, 0.2) is 6.29 Å². The van der Waals surface area contributed by atoms with Gasteiger partial charge in [-0.2, -0.15) is 0 Å². The SMILES string of the molecule is Cn1cc(C=O)c2c(C3CCOCC3)ncnc21. The van der Waals surface area contributed by atoms with Gasteiger partial charge in [0.1, 0.15) is 12.0 Å². The Balaban J connectivity index is 2.18. The second kappa shape index (κ2) is 4.49. The lowest BCUT2D eigenvalue weighted by atomic mass is 9.93. The molecule has 18 heavy (non-hydrogen) atoms. The predicted molar refractivity (Wildman–Crippen MR) is 66.7 cm³/mol. The number of ether oxygens (including phenoxy) is 1. The Labute approximate surface area is 105 Å². The van der Waals surface area contributed by atoms with Crippen molar-refractivity contribution in [2.24, 2.45) is 7.05 Å². The van der Waals surface area contributed by atoms with E-state index in [1.165, 1.54) is 0 Å². The maximum absolute atomic E-state index is 11.2. The number of hydrogen-bond donors (Lipinski definition) is 0. The maximum Gasteiger partial charge on any atom is 0.152 e. The molecule has 0 atom stereocenters. The van der Waals surface area contributed by atoms with Gasteiger partial charge in [-0.15, -0.1) is 0 Å². The quantitative estimate of drug-likeness (QED) is 0.755. The number of nitrogens with zero attached hydrogens (tertiary/aromatic N) is 3. The first kappa shape index (κ1) is 11.3. The summed E-state index contributed by atoms with van der Waals surface area (Å²) in [5, 5.41) is 0.905. The van der Waals surface area contributed by atoms with Crippen LogP contribution in [0.3, 0.4) is 0 Å². The summed E-state index contributed by atoms with van der Waals surface area (Å²) in [5.41, 5.74) is 2.49. The predicted octanol–water partition coefficient (Wildman–Crippen LogP) is 1.67. The molecule has 1 saturated heterocycles. The van der Waals surface area contributed by atoms with Crippen LogP contribution in [0.5, 0.6) is 0 Å². The third-order valence-corrected chi connectivity index (χ3v) is 3.55. The molecule has 1 aliphatic heterocycles. The van der Waals surface area contributed by atoms with Gasteiger partial charge in [0, 0.05) is 37.9 Å². The van der Waals surface area contributed by atoms with E-state index in [1.54, 1.807) is 6.33 Å². The largest absolute Gasteiger partial charge is 0.381 e. The number of aromatic nitrogens is 3. The molecule has 3 heterocycles. The van der Waals surface area contributed by atoms with Gasteiger partial charge >= 0.3 is 0 Å². The number of fused-ring (bicyclic) bond motifs is 1. The average Bonchev–Trinajstić information content (AvgIpc) is 2.77. The van der Waals surface area contributed by atoms with E-state index < -0.39 is 0 Å². The summed E-state index contributed by atoms with van der Waals surface area (Å²) in [6.07, 6.45) is 6.20. The highest BCUT2D eigenvalue weighted by atomic mass is 16.5. The van der Waals surface area contributed by atoms with E-state index in [0.717, 1.165) is 49.1 Å². The molecule has 0 amide bonds. The lowest BCUT2D eigenvalue weighted by Crippen LogP contribution is -2.15. The molecule has 0 spiro atoms. The summed E-state index contributed by atoms with van der Waals surface area (Å²) in [6.45, 7) is 1.53. The van der Waals surface area contributed by atoms with Crippen LogP contribution < -0.4 is 0 Å². The van der Waals surface area contributed by atoms with Crippen molar-refractivity contribution < 1.29 is 9.53 Å². The molecule has 3 rings (SSSR count). The zero-order chi connectivity index (χ0) is 12.5. The summed E-state index contributed by atoms with van der Waals surface area (Å²) in [4.78, 5) is 19.9. The van der Waals surface area contributed by atoms with Crippen LogP contribution in [0.15, 0.2) is 12.5 Å². The summed E-state index contributed by atoms with van der Waals surface area (Å²) in [7, 11) is 1.90. The minimum atomic E-state index is 0.366. The molecular formula is C13H15N3O2. The van der Waals surface area contributed by atoms with Crippen molar-refractivity contribution in [2.45, 2.75) is 18.8 Å². The fourth-order valence-corrected chi connectivity index (χ4v) is 2.64. The fourth-order valence-electron chi connectivity index (χ4n) is 2.64. The van der Waals surface area contributed by atoms with E-state index in [9.17, 15) is 4.79 Å². The van der Waals surface area contributed by atoms with Crippen LogP contribution in [-0.4, -0.2) is 34.0 Å². The van der Waals surface area contributed by atoms with Gasteiger partial charge in [0.05, 0.1) is 11.1 Å². The minimum Gasteiger partial charge on any atom is -0.381 e. The van der Waals surface area contributed by atoms with Gasteiger partial charge in [0.25, 0.3) is 0 Å². The molecular weight excluding hydrogens is 230 g/mol. The van der Waals surface area contributed by atoms with E-state index in [-0.39, 0.29) is 0 Å². The van der Waals surface area contributed by atoms with Crippen molar-refractivity contribution >= 4 is 17.3 Å². The topological polar surface area (TPSA) is 57.0 Å². The minimum absolute atomic E-state index is 0.366. The number of aryl methyl sites for hydroxylation is 1. The first-order chi connectivity index (χ1) is 8.81. The summed E-state index contributed by atoms with van der Waals surface area (Å²) in [5.74, 6) is 0.366. The average molecular weight is 245 g/mol. The van der Waals surface area contributed by atoms with E-state index >= 15 is 0 Å². The zero-order valence-electron chi connectivity index (χ0n) is 10.3. The van der Waals surface area contributed by atoms with Gasteiger partial charge in [-0.05, 0) is 12.8 Å². The van der Waals surface area contributed by atoms with Crippen LogP contribution in [0.4, 0.5) is 0 Å². The molecule has 0 aliphatic carbocycles. The Bertz CT molecular complexity index is 585. The normalized spacial score (nSPS) is 17.2. The summed E-state index contributed by atoms with van der Waals surface area (Å²) in [6, 6.07) is 0. The molecule has 5 heteroatoms. The number of carbonyl (C=O) groups excluding carboxylic acids is 1. The smallest absolute Gasteiger partial charge is 0.152 e. The standard InChI is InChI=1S/C13H15N3O2/c1-16-6-10(7-17)11-12(14-8-15-13(11)16)9-2-4-18-5-3-9/h6-9H,2-5H2,1H3. The number of aldehydes is 1.